The van der Waals surface area contributed by atoms with Crippen LogP contribution >= 0.6 is 0 Å². The highest BCUT2D eigenvalue weighted by Crippen LogP contribution is 2.27. The number of hydrogen-bond donors (Lipinski definition) is 1. The Kier molecular flexibility index (Phi) is 8.42. The average Bonchev–Trinajstić information content (AvgIpc) is 2.73. The summed E-state index contributed by atoms with van der Waals surface area (Å²) in [7, 11) is 6.58. The molecule has 1 amide bonds. The predicted molar refractivity (Wildman–Crippen MR) is 107 cm³/mol. The van der Waals surface area contributed by atoms with E-state index in [-0.39, 0.29) is 12.5 Å². The van der Waals surface area contributed by atoms with Gasteiger partial charge in [-0.15, -0.1) is 0 Å². The summed E-state index contributed by atoms with van der Waals surface area (Å²) in [5.74, 6) is 2.86. The highest BCUT2D eigenvalue weighted by molar-refractivity contribution is 5.78. The highest BCUT2D eigenvalue weighted by Gasteiger charge is 2.11. The molecule has 0 heterocycles. The number of hydrogen-bond acceptors (Lipinski definition) is 6. The van der Waals surface area contributed by atoms with Crippen LogP contribution in [0.25, 0.3) is 0 Å². The van der Waals surface area contributed by atoms with E-state index < -0.39 is 0 Å². The van der Waals surface area contributed by atoms with Gasteiger partial charge in [0.2, 0.25) is 5.91 Å². The average molecular weight is 388 g/mol. The molecule has 2 aromatic rings. The molecule has 0 saturated carbocycles. The standard InChI is InChI=1S/C21H28N2O5/c1-23(15-16-5-10-19(26-3)20(13-16)27-4)21(24)14-22-11-12-28-18-8-6-17(25-2)7-9-18/h5-10,13,22H,11-12,14-15H2,1-4H3. The van der Waals surface area contributed by atoms with Crippen molar-refractivity contribution in [2.45, 2.75) is 6.54 Å². The molecule has 2 aromatic carbocycles. The number of carbonyl (C=O) groups is 1. The van der Waals surface area contributed by atoms with Gasteiger partial charge >= 0.3 is 0 Å². The quantitative estimate of drug-likeness (QED) is 0.596. The second-order valence-corrected chi connectivity index (χ2v) is 6.14. The Bertz CT molecular complexity index is 749. The zero-order valence-electron chi connectivity index (χ0n) is 16.9. The van der Waals surface area contributed by atoms with Crippen LogP contribution in [0.1, 0.15) is 5.56 Å². The van der Waals surface area contributed by atoms with E-state index in [0.717, 1.165) is 17.1 Å². The molecule has 0 fully saturated rings. The van der Waals surface area contributed by atoms with Gasteiger partial charge in [-0.25, -0.2) is 0 Å². The molecule has 7 nitrogen and oxygen atoms in total. The number of benzene rings is 2. The van der Waals surface area contributed by atoms with E-state index in [1.807, 2.05) is 42.5 Å². The van der Waals surface area contributed by atoms with Gasteiger partial charge in [0, 0.05) is 20.1 Å². The van der Waals surface area contributed by atoms with Gasteiger partial charge in [-0.2, -0.15) is 0 Å². The Hall–Kier alpha value is -2.93. The topological polar surface area (TPSA) is 69.3 Å². The molecule has 0 radical (unpaired) electrons. The minimum Gasteiger partial charge on any atom is -0.497 e. The third kappa shape index (κ3) is 6.35. The second-order valence-electron chi connectivity index (χ2n) is 6.14. The van der Waals surface area contributed by atoms with Gasteiger partial charge in [-0.05, 0) is 42.0 Å². The van der Waals surface area contributed by atoms with E-state index in [2.05, 4.69) is 5.32 Å². The minimum atomic E-state index is -0.000711. The van der Waals surface area contributed by atoms with Crippen molar-refractivity contribution in [3.05, 3.63) is 48.0 Å². The van der Waals surface area contributed by atoms with Crippen LogP contribution in [0.15, 0.2) is 42.5 Å². The number of likely N-dealkylation sites (N-methyl/N-ethyl adjacent to an activating group) is 1. The molecule has 2 rings (SSSR count). The van der Waals surface area contributed by atoms with E-state index in [9.17, 15) is 4.79 Å². The SMILES string of the molecule is COc1ccc(OCCNCC(=O)N(C)Cc2ccc(OC)c(OC)c2)cc1. The largest absolute Gasteiger partial charge is 0.497 e. The molecular weight excluding hydrogens is 360 g/mol. The van der Waals surface area contributed by atoms with Crippen LogP contribution in [-0.4, -0.2) is 58.9 Å². The fraction of sp³-hybridized carbons (Fsp3) is 0.381. The Balaban J connectivity index is 1.70. The maximum atomic E-state index is 12.3. The molecule has 0 saturated heterocycles. The summed E-state index contributed by atoms with van der Waals surface area (Å²) < 4.78 is 21.3. The number of methoxy groups -OCH3 is 3. The Morgan fingerprint density at radius 3 is 2.25 bits per heavy atom. The number of ether oxygens (including phenoxy) is 4. The Labute approximate surface area is 166 Å². The van der Waals surface area contributed by atoms with E-state index in [1.165, 1.54) is 0 Å². The summed E-state index contributed by atoms with van der Waals surface area (Å²) in [6, 6.07) is 13.0. The van der Waals surface area contributed by atoms with E-state index in [0.29, 0.717) is 31.2 Å². The fourth-order valence-electron chi connectivity index (χ4n) is 2.58. The Morgan fingerprint density at radius 1 is 0.929 bits per heavy atom. The molecule has 0 aliphatic heterocycles. The van der Waals surface area contributed by atoms with E-state index >= 15 is 0 Å². The second kappa shape index (κ2) is 11.0. The molecule has 0 atom stereocenters. The van der Waals surface area contributed by atoms with Crippen LogP contribution in [0.4, 0.5) is 0 Å². The number of amides is 1. The molecule has 152 valence electrons. The van der Waals surface area contributed by atoms with Gasteiger partial charge in [0.15, 0.2) is 11.5 Å². The van der Waals surface area contributed by atoms with Crippen molar-refractivity contribution in [3.8, 4) is 23.0 Å². The number of carbonyl (C=O) groups excluding carboxylic acids is 1. The maximum Gasteiger partial charge on any atom is 0.236 e. The lowest BCUT2D eigenvalue weighted by Crippen LogP contribution is -2.36. The first-order chi connectivity index (χ1) is 13.6. The first-order valence-corrected chi connectivity index (χ1v) is 8.99. The van der Waals surface area contributed by atoms with Crippen molar-refractivity contribution in [1.29, 1.82) is 0 Å². The molecule has 0 aliphatic rings. The van der Waals surface area contributed by atoms with Crippen molar-refractivity contribution in [2.75, 3.05) is 48.1 Å². The fourth-order valence-corrected chi connectivity index (χ4v) is 2.58. The van der Waals surface area contributed by atoms with Crippen molar-refractivity contribution in [3.63, 3.8) is 0 Å². The number of rotatable bonds is 11. The molecule has 0 bridgehead atoms. The Morgan fingerprint density at radius 2 is 1.61 bits per heavy atom. The van der Waals surface area contributed by atoms with Gasteiger partial charge in [-0.1, -0.05) is 6.07 Å². The minimum absolute atomic E-state index is 0.000711. The van der Waals surface area contributed by atoms with Crippen LogP contribution in [0.5, 0.6) is 23.0 Å². The van der Waals surface area contributed by atoms with Gasteiger partial charge in [0.25, 0.3) is 0 Å². The van der Waals surface area contributed by atoms with Crippen LogP contribution in [0, 0.1) is 0 Å². The molecule has 7 heteroatoms. The summed E-state index contributed by atoms with van der Waals surface area (Å²) in [6.07, 6.45) is 0. The third-order valence-electron chi connectivity index (χ3n) is 4.18. The lowest BCUT2D eigenvalue weighted by molar-refractivity contribution is -0.129. The van der Waals surface area contributed by atoms with Crippen molar-refractivity contribution in [2.24, 2.45) is 0 Å². The smallest absolute Gasteiger partial charge is 0.236 e. The first kappa shape index (κ1) is 21.4. The molecule has 0 unspecified atom stereocenters. The van der Waals surface area contributed by atoms with Crippen LogP contribution < -0.4 is 24.3 Å². The highest BCUT2D eigenvalue weighted by atomic mass is 16.5. The van der Waals surface area contributed by atoms with Gasteiger partial charge in [0.05, 0.1) is 27.9 Å². The zero-order chi connectivity index (χ0) is 20.4. The van der Waals surface area contributed by atoms with Gasteiger partial charge < -0.3 is 29.2 Å². The molecule has 0 aliphatic carbocycles. The summed E-state index contributed by atoms with van der Waals surface area (Å²) in [5.41, 5.74) is 0.969. The lowest BCUT2D eigenvalue weighted by atomic mass is 10.2. The first-order valence-electron chi connectivity index (χ1n) is 8.99. The van der Waals surface area contributed by atoms with E-state index in [1.54, 1.807) is 33.3 Å². The van der Waals surface area contributed by atoms with Crippen LogP contribution in [-0.2, 0) is 11.3 Å². The molecule has 0 spiro atoms. The van der Waals surface area contributed by atoms with Crippen molar-refractivity contribution < 1.29 is 23.7 Å². The maximum absolute atomic E-state index is 12.3. The summed E-state index contributed by atoms with van der Waals surface area (Å²) in [4.78, 5) is 13.9. The lowest BCUT2D eigenvalue weighted by Gasteiger charge is -2.18. The van der Waals surface area contributed by atoms with Crippen LogP contribution in [0.2, 0.25) is 0 Å². The van der Waals surface area contributed by atoms with Crippen LogP contribution in [0.3, 0.4) is 0 Å². The summed E-state index contributed by atoms with van der Waals surface area (Å²) in [5, 5.41) is 3.10. The summed E-state index contributed by atoms with van der Waals surface area (Å²) in [6.45, 7) is 1.78. The molecular formula is C21H28N2O5. The molecule has 0 aromatic heterocycles. The van der Waals surface area contributed by atoms with Crippen molar-refractivity contribution in [1.82, 2.24) is 10.2 Å². The summed E-state index contributed by atoms with van der Waals surface area (Å²) >= 11 is 0. The van der Waals surface area contributed by atoms with Gasteiger partial charge in [-0.3, -0.25) is 4.79 Å². The van der Waals surface area contributed by atoms with Crippen molar-refractivity contribution >= 4 is 5.91 Å². The number of nitrogens with zero attached hydrogens (tertiary/aromatic N) is 1. The zero-order valence-corrected chi connectivity index (χ0v) is 16.9. The third-order valence-corrected chi connectivity index (χ3v) is 4.18. The molecule has 28 heavy (non-hydrogen) atoms. The molecule has 1 N–H and O–H groups in total. The van der Waals surface area contributed by atoms with E-state index in [4.69, 9.17) is 18.9 Å². The normalized spacial score (nSPS) is 10.3. The monoisotopic (exact) mass is 388 g/mol. The number of nitrogens with one attached hydrogen (secondary N) is 1. The van der Waals surface area contributed by atoms with Gasteiger partial charge in [0.1, 0.15) is 18.1 Å². The predicted octanol–water partition coefficient (Wildman–Crippen LogP) is 2.34.